The zero-order valence-corrected chi connectivity index (χ0v) is 9.72. The Hall–Kier alpha value is -1.84. The Morgan fingerprint density at radius 1 is 1.59 bits per heavy atom. The van der Waals surface area contributed by atoms with Gasteiger partial charge in [0.2, 0.25) is 5.90 Å². The highest BCUT2D eigenvalue weighted by Crippen LogP contribution is 2.21. The molecule has 1 aromatic rings. The fraction of sp³-hybridized carbons (Fsp3) is 0.385. The molecule has 0 fully saturated rings. The summed E-state index contributed by atoms with van der Waals surface area (Å²) in [5, 5.41) is 8.78. The largest absolute Gasteiger partial charge is 0.481 e. The summed E-state index contributed by atoms with van der Waals surface area (Å²) in [6, 6.07) is 7.73. The number of aliphatic carboxylic acids is 1. The molecule has 17 heavy (non-hydrogen) atoms. The first-order valence-electron chi connectivity index (χ1n) is 5.66. The molecule has 0 spiro atoms. The maximum absolute atomic E-state index is 10.7. The van der Waals surface area contributed by atoms with Crippen molar-refractivity contribution in [3.8, 4) is 0 Å². The number of ether oxygens (including phenoxy) is 1. The van der Waals surface area contributed by atoms with Crippen molar-refractivity contribution < 1.29 is 14.6 Å². The van der Waals surface area contributed by atoms with Gasteiger partial charge in [0.15, 0.2) is 0 Å². The molecular formula is C13H15NO3. The normalized spacial score (nSPS) is 16.2. The van der Waals surface area contributed by atoms with Crippen LogP contribution in [0.4, 0.5) is 0 Å². The molecule has 0 saturated heterocycles. The number of hydrogen-bond donors (Lipinski definition) is 1. The minimum Gasteiger partial charge on any atom is -0.481 e. The molecule has 0 aliphatic carbocycles. The third kappa shape index (κ3) is 2.84. The van der Waals surface area contributed by atoms with Crippen molar-refractivity contribution in [1.82, 2.24) is 0 Å². The summed E-state index contributed by atoms with van der Waals surface area (Å²) in [7, 11) is 0. The molecular weight excluding hydrogens is 218 g/mol. The molecule has 0 amide bonds. The van der Waals surface area contributed by atoms with Crippen molar-refractivity contribution in [3.05, 3.63) is 35.4 Å². The van der Waals surface area contributed by atoms with E-state index in [0.29, 0.717) is 19.0 Å². The van der Waals surface area contributed by atoms with Gasteiger partial charge < -0.3 is 9.84 Å². The van der Waals surface area contributed by atoms with Crippen LogP contribution in [0.25, 0.3) is 0 Å². The molecule has 1 heterocycles. The molecule has 1 aliphatic heterocycles. The molecule has 0 bridgehead atoms. The van der Waals surface area contributed by atoms with E-state index in [1.807, 2.05) is 31.2 Å². The van der Waals surface area contributed by atoms with Crippen molar-refractivity contribution in [3.63, 3.8) is 0 Å². The summed E-state index contributed by atoms with van der Waals surface area (Å²) in [5.74, 6) is -0.124. The van der Waals surface area contributed by atoms with Gasteiger partial charge in [0.1, 0.15) is 6.61 Å². The first kappa shape index (κ1) is 11.6. The van der Waals surface area contributed by atoms with Crippen LogP contribution in [-0.2, 0) is 9.53 Å². The van der Waals surface area contributed by atoms with Crippen LogP contribution in [0.5, 0.6) is 0 Å². The van der Waals surface area contributed by atoms with Crippen LogP contribution in [0.2, 0.25) is 0 Å². The topological polar surface area (TPSA) is 58.9 Å². The van der Waals surface area contributed by atoms with Gasteiger partial charge in [0.25, 0.3) is 0 Å². The minimum atomic E-state index is -0.780. The maximum atomic E-state index is 10.7. The fourth-order valence-electron chi connectivity index (χ4n) is 1.87. The third-order valence-electron chi connectivity index (χ3n) is 2.77. The second-order valence-corrected chi connectivity index (χ2v) is 4.16. The van der Waals surface area contributed by atoms with Crippen molar-refractivity contribution in [1.29, 1.82) is 0 Å². The van der Waals surface area contributed by atoms with E-state index in [0.717, 1.165) is 11.1 Å². The van der Waals surface area contributed by atoms with E-state index in [-0.39, 0.29) is 12.3 Å². The second kappa shape index (κ2) is 4.99. The lowest BCUT2D eigenvalue weighted by Crippen LogP contribution is -2.05. The summed E-state index contributed by atoms with van der Waals surface area (Å²) in [5.41, 5.74) is 1.93. The number of nitrogens with zero attached hydrogens (tertiary/aromatic N) is 1. The van der Waals surface area contributed by atoms with Gasteiger partial charge in [0, 0.05) is 5.56 Å². The standard InChI is InChI=1S/C13H15NO3/c1-9(7-12(15)16)10-3-2-4-11(8-10)13-14-5-6-17-13/h2-4,8-9H,5-7H2,1H3,(H,15,16). The maximum Gasteiger partial charge on any atom is 0.303 e. The van der Waals surface area contributed by atoms with E-state index in [1.54, 1.807) is 0 Å². The summed E-state index contributed by atoms with van der Waals surface area (Å²) >= 11 is 0. The molecule has 1 N–H and O–H groups in total. The molecule has 0 saturated carbocycles. The lowest BCUT2D eigenvalue weighted by Gasteiger charge is -2.10. The van der Waals surface area contributed by atoms with E-state index in [1.165, 1.54) is 0 Å². The predicted octanol–water partition coefficient (Wildman–Crippen LogP) is 2.04. The number of carboxylic acid groups (broad SMARTS) is 1. The summed E-state index contributed by atoms with van der Waals surface area (Å²) in [4.78, 5) is 14.9. The van der Waals surface area contributed by atoms with Gasteiger partial charge in [-0.05, 0) is 23.6 Å². The Bertz CT molecular complexity index is 454. The molecule has 1 aromatic carbocycles. The van der Waals surface area contributed by atoms with Gasteiger partial charge in [-0.1, -0.05) is 19.1 Å². The molecule has 1 unspecified atom stereocenters. The highest BCUT2D eigenvalue weighted by molar-refractivity contribution is 5.95. The molecule has 90 valence electrons. The molecule has 2 rings (SSSR count). The first-order chi connectivity index (χ1) is 8.16. The summed E-state index contributed by atoms with van der Waals surface area (Å²) < 4.78 is 5.39. The second-order valence-electron chi connectivity index (χ2n) is 4.16. The van der Waals surface area contributed by atoms with Crippen LogP contribution in [-0.4, -0.2) is 30.1 Å². The lowest BCUT2D eigenvalue weighted by atomic mass is 9.96. The smallest absolute Gasteiger partial charge is 0.303 e. The van der Waals surface area contributed by atoms with E-state index in [2.05, 4.69) is 4.99 Å². The minimum absolute atomic E-state index is 0.00514. The molecule has 0 aromatic heterocycles. The van der Waals surface area contributed by atoms with Gasteiger partial charge in [-0.3, -0.25) is 4.79 Å². The van der Waals surface area contributed by atoms with Gasteiger partial charge >= 0.3 is 5.97 Å². The van der Waals surface area contributed by atoms with Crippen molar-refractivity contribution in [2.24, 2.45) is 4.99 Å². The molecule has 4 heteroatoms. The summed E-state index contributed by atoms with van der Waals surface area (Å²) in [6.07, 6.45) is 0.136. The van der Waals surface area contributed by atoms with E-state index < -0.39 is 5.97 Å². The van der Waals surface area contributed by atoms with Crippen LogP contribution >= 0.6 is 0 Å². The van der Waals surface area contributed by atoms with Crippen LogP contribution in [0.15, 0.2) is 29.3 Å². The lowest BCUT2D eigenvalue weighted by molar-refractivity contribution is -0.137. The number of carboxylic acids is 1. The Morgan fingerprint density at radius 3 is 3.06 bits per heavy atom. The number of rotatable bonds is 4. The Kier molecular flexibility index (Phi) is 3.42. The van der Waals surface area contributed by atoms with Gasteiger partial charge in [-0.15, -0.1) is 0 Å². The first-order valence-corrected chi connectivity index (χ1v) is 5.66. The zero-order chi connectivity index (χ0) is 12.3. The zero-order valence-electron chi connectivity index (χ0n) is 9.72. The van der Waals surface area contributed by atoms with Crippen LogP contribution in [0.1, 0.15) is 30.4 Å². The quantitative estimate of drug-likeness (QED) is 0.865. The number of benzene rings is 1. The monoisotopic (exact) mass is 233 g/mol. The van der Waals surface area contributed by atoms with E-state index >= 15 is 0 Å². The highest BCUT2D eigenvalue weighted by Gasteiger charge is 2.14. The van der Waals surface area contributed by atoms with E-state index in [9.17, 15) is 4.79 Å². The third-order valence-corrected chi connectivity index (χ3v) is 2.77. The van der Waals surface area contributed by atoms with Crippen molar-refractivity contribution >= 4 is 11.9 Å². The molecule has 0 radical (unpaired) electrons. The van der Waals surface area contributed by atoms with Gasteiger partial charge in [-0.25, -0.2) is 4.99 Å². The Labute approximate surface area is 99.9 Å². The molecule has 1 atom stereocenters. The van der Waals surface area contributed by atoms with Crippen molar-refractivity contribution in [2.75, 3.05) is 13.2 Å². The number of hydrogen-bond acceptors (Lipinski definition) is 3. The number of aliphatic imine (C=N–C) groups is 1. The van der Waals surface area contributed by atoms with Crippen LogP contribution in [0, 0.1) is 0 Å². The summed E-state index contributed by atoms with van der Waals surface area (Å²) in [6.45, 7) is 3.24. The highest BCUT2D eigenvalue weighted by atomic mass is 16.5. The van der Waals surface area contributed by atoms with Gasteiger partial charge in [0.05, 0.1) is 13.0 Å². The molecule has 4 nitrogen and oxygen atoms in total. The Morgan fingerprint density at radius 2 is 2.41 bits per heavy atom. The van der Waals surface area contributed by atoms with Crippen LogP contribution < -0.4 is 0 Å². The van der Waals surface area contributed by atoms with E-state index in [4.69, 9.17) is 9.84 Å². The average molecular weight is 233 g/mol. The molecule has 1 aliphatic rings. The van der Waals surface area contributed by atoms with Gasteiger partial charge in [-0.2, -0.15) is 0 Å². The predicted molar refractivity (Wildman–Crippen MR) is 64.5 cm³/mol. The SMILES string of the molecule is CC(CC(=O)O)c1cccc(C2=NCCO2)c1. The van der Waals surface area contributed by atoms with Crippen molar-refractivity contribution in [2.45, 2.75) is 19.3 Å². The fourth-order valence-corrected chi connectivity index (χ4v) is 1.87. The number of carbonyl (C=O) groups is 1. The van der Waals surface area contributed by atoms with Crippen LogP contribution in [0.3, 0.4) is 0 Å². The average Bonchev–Trinajstić information content (AvgIpc) is 2.82. The Balaban J connectivity index is 2.19.